The van der Waals surface area contributed by atoms with Gasteiger partial charge in [-0.1, -0.05) is 23.4 Å². The van der Waals surface area contributed by atoms with Crippen molar-refractivity contribution < 1.29 is 22.8 Å². The van der Waals surface area contributed by atoms with Gasteiger partial charge in [-0.25, -0.2) is 0 Å². The van der Waals surface area contributed by atoms with E-state index in [1.807, 2.05) is 0 Å². The molecule has 8 nitrogen and oxygen atoms in total. The minimum atomic E-state index is -4.44. The van der Waals surface area contributed by atoms with E-state index >= 15 is 0 Å². The molecule has 0 bridgehead atoms. The Morgan fingerprint density at radius 1 is 1.35 bits per heavy atom. The normalized spacial score (nSPS) is 11.6. The SMILES string of the molecule is O=C(C=NOCc1nnn(CC(F)(F)F)n1)Nc1ccccc1. The Morgan fingerprint density at radius 2 is 2.09 bits per heavy atom. The number of halogens is 3. The minimum absolute atomic E-state index is 0.0881. The molecule has 0 fully saturated rings. The number of rotatable bonds is 6. The number of tetrazole rings is 1. The van der Waals surface area contributed by atoms with Crippen molar-refractivity contribution >= 4 is 17.8 Å². The van der Waals surface area contributed by atoms with Gasteiger partial charge in [0.1, 0.15) is 6.21 Å². The van der Waals surface area contributed by atoms with Gasteiger partial charge in [-0.3, -0.25) is 4.79 Å². The molecule has 1 amide bonds. The number of oxime groups is 1. The highest BCUT2D eigenvalue weighted by Gasteiger charge is 2.29. The van der Waals surface area contributed by atoms with Gasteiger partial charge in [0, 0.05) is 5.69 Å². The number of benzene rings is 1. The molecule has 0 unspecified atom stereocenters. The van der Waals surface area contributed by atoms with Crippen molar-refractivity contribution in [3.63, 3.8) is 0 Å². The zero-order valence-corrected chi connectivity index (χ0v) is 11.6. The van der Waals surface area contributed by atoms with Crippen LogP contribution < -0.4 is 5.32 Å². The fourth-order valence-electron chi connectivity index (χ4n) is 1.44. The molecule has 1 N–H and O–H groups in total. The number of hydrogen-bond donors (Lipinski definition) is 1. The van der Waals surface area contributed by atoms with Crippen LogP contribution in [-0.2, 0) is 22.8 Å². The Bertz CT molecular complexity index is 671. The molecular formula is C12H11F3N6O2. The van der Waals surface area contributed by atoms with Crippen molar-refractivity contribution in [3.8, 4) is 0 Å². The molecule has 0 spiro atoms. The van der Waals surface area contributed by atoms with E-state index in [4.69, 9.17) is 4.84 Å². The average molecular weight is 328 g/mol. The molecule has 0 aliphatic carbocycles. The number of aromatic nitrogens is 4. The molecule has 2 rings (SSSR count). The third kappa shape index (κ3) is 6.11. The number of nitrogens with one attached hydrogen (secondary N) is 1. The molecule has 23 heavy (non-hydrogen) atoms. The maximum absolute atomic E-state index is 12.1. The summed E-state index contributed by atoms with van der Waals surface area (Å²) in [5.74, 6) is -0.611. The Kier molecular flexibility index (Phi) is 5.23. The van der Waals surface area contributed by atoms with Crippen molar-refractivity contribution in [1.82, 2.24) is 20.2 Å². The third-order valence-corrected chi connectivity index (χ3v) is 2.29. The Balaban J connectivity index is 1.75. The van der Waals surface area contributed by atoms with Crippen LogP contribution in [0.15, 0.2) is 35.5 Å². The monoisotopic (exact) mass is 328 g/mol. The standard InChI is InChI=1S/C12H11F3N6O2/c13-12(14,15)8-21-19-10(18-20-21)7-23-16-6-11(22)17-9-4-2-1-3-5-9/h1-6H,7-8H2,(H,17,22). The Morgan fingerprint density at radius 3 is 2.78 bits per heavy atom. The van der Waals surface area contributed by atoms with Gasteiger partial charge in [0.15, 0.2) is 13.2 Å². The molecule has 0 radical (unpaired) electrons. The lowest BCUT2D eigenvalue weighted by atomic mass is 10.3. The predicted octanol–water partition coefficient (Wildman–Crippen LogP) is 1.38. The van der Waals surface area contributed by atoms with Crippen molar-refractivity contribution in [2.24, 2.45) is 5.16 Å². The largest absolute Gasteiger partial charge is 0.409 e. The summed E-state index contributed by atoms with van der Waals surface area (Å²) in [4.78, 5) is 16.6. The highest BCUT2D eigenvalue weighted by atomic mass is 19.4. The van der Waals surface area contributed by atoms with Crippen molar-refractivity contribution in [1.29, 1.82) is 0 Å². The van der Waals surface area contributed by atoms with Gasteiger partial charge in [0.25, 0.3) is 5.91 Å². The molecule has 1 heterocycles. The topological polar surface area (TPSA) is 94.3 Å². The molecule has 1 aromatic carbocycles. The molecule has 2 aromatic rings. The lowest BCUT2D eigenvalue weighted by Gasteiger charge is -2.02. The summed E-state index contributed by atoms with van der Waals surface area (Å²) in [5, 5.41) is 15.9. The second kappa shape index (κ2) is 7.33. The second-order valence-corrected chi connectivity index (χ2v) is 4.21. The molecule has 0 aliphatic rings. The van der Waals surface area contributed by atoms with Gasteiger partial charge in [0.05, 0.1) is 0 Å². The molecule has 0 atom stereocenters. The summed E-state index contributed by atoms with van der Waals surface area (Å²) in [6.07, 6.45) is -3.56. The van der Waals surface area contributed by atoms with Crippen molar-refractivity contribution in [3.05, 3.63) is 36.2 Å². The molecule has 0 saturated carbocycles. The fourth-order valence-corrected chi connectivity index (χ4v) is 1.44. The fraction of sp³-hybridized carbons (Fsp3) is 0.250. The number of para-hydroxylation sites is 1. The van der Waals surface area contributed by atoms with Crippen LogP contribution in [0.25, 0.3) is 0 Å². The lowest BCUT2D eigenvalue weighted by Crippen LogP contribution is -2.19. The maximum Gasteiger partial charge on any atom is 0.409 e. The van der Waals surface area contributed by atoms with E-state index in [9.17, 15) is 18.0 Å². The van der Waals surface area contributed by atoms with E-state index in [0.717, 1.165) is 6.21 Å². The zero-order chi connectivity index (χ0) is 16.7. The number of anilines is 1. The number of nitrogens with zero attached hydrogens (tertiary/aromatic N) is 5. The zero-order valence-electron chi connectivity index (χ0n) is 11.6. The van der Waals surface area contributed by atoms with Gasteiger partial charge in [-0.15, -0.1) is 10.2 Å². The second-order valence-electron chi connectivity index (χ2n) is 4.21. The molecule has 11 heteroatoms. The number of carbonyl (C=O) groups excluding carboxylic acids is 1. The summed E-state index contributed by atoms with van der Waals surface area (Å²) in [7, 11) is 0. The first-order chi connectivity index (χ1) is 10.9. The average Bonchev–Trinajstić information content (AvgIpc) is 2.90. The van der Waals surface area contributed by atoms with Crippen LogP contribution in [-0.4, -0.2) is 38.5 Å². The number of amides is 1. The van der Waals surface area contributed by atoms with Crippen LogP contribution in [0.1, 0.15) is 5.82 Å². The van der Waals surface area contributed by atoms with Crippen LogP contribution >= 0.6 is 0 Å². The first-order valence-corrected chi connectivity index (χ1v) is 6.27. The Hall–Kier alpha value is -2.98. The predicted molar refractivity (Wildman–Crippen MR) is 72.2 cm³/mol. The van der Waals surface area contributed by atoms with E-state index < -0.39 is 18.6 Å². The van der Waals surface area contributed by atoms with E-state index in [0.29, 0.717) is 10.5 Å². The third-order valence-electron chi connectivity index (χ3n) is 2.29. The van der Waals surface area contributed by atoms with Gasteiger partial charge in [0.2, 0.25) is 5.82 Å². The number of hydrogen-bond acceptors (Lipinski definition) is 6. The van der Waals surface area contributed by atoms with E-state index in [-0.39, 0.29) is 12.4 Å². The van der Waals surface area contributed by atoms with Gasteiger partial charge in [-0.05, 0) is 17.3 Å². The van der Waals surface area contributed by atoms with Crippen molar-refractivity contribution in [2.45, 2.75) is 19.3 Å². The van der Waals surface area contributed by atoms with Gasteiger partial charge < -0.3 is 10.2 Å². The number of carbonyl (C=O) groups is 1. The quantitative estimate of drug-likeness (QED) is 0.638. The number of alkyl halides is 3. The van der Waals surface area contributed by atoms with Gasteiger partial charge >= 0.3 is 6.18 Å². The van der Waals surface area contributed by atoms with E-state index in [2.05, 4.69) is 25.9 Å². The van der Waals surface area contributed by atoms with Crippen LogP contribution in [0.5, 0.6) is 0 Å². The van der Waals surface area contributed by atoms with E-state index in [1.54, 1.807) is 30.3 Å². The van der Waals surface area contributed by atoms with Crippen LogP contribution in [0.4, 0.5) is 18.9 Å². The Labute approximate surface area is 127 Å². The van der Waals surface area contributed by atoms with Crippen LogP contribution in [0.3, 0.4) is 0 Å². The summed E-state index contributed by atoms with van der Waals surface area (Å²) in [6.45, 7) is -1.66. The highest BCUT2D eigenvalue weighted by Crippen LogP contribution is 2.15. The molecular weight excluding hydrogens is 317 g/mol. The van der Waals surface area contributed by atoms with Gasteiger partial charge in [-0.2, -0.15) is 18.0 Å². The maximum atomic E-state index is 12.1. The molecule has 1 aromatic heterocycles. The summed E-state index contributed by atoms with van der Waals surface area (Å²) >= 11 is 0. The first kappa shape index (κ1) is 16.4. The van der Waals surface area contributed by atoms with Crippen molar-refractivity contribution in [2.75, 3.05) is 5.32 Å². The summed E-state index contributed by atoms with van der Waals surface area (Å²) in [6, 6.07) is 8.68. The highest BCUT2D eigenvalue weighted by molar-refractivity contribution is 6.31. The van der Waals surface area contributed by atoms with Crippen LogP contribution in [0, 0.1) is 0 Å². The summed E-state index contributed by atoms with van der Waals surface area (Å²) < 4.78 is 36.3. The lowest BCUT2D eigenvalue weighted by molar-refractivity contribution is -0.145. The minimum Gasteiger partial charge on any atom is -0.387 e. The molecule has 122 valence electrons. The smallest absolute Gasteiger partial charge is 0.387 e. The first-order valence-electron chi connectivity index (χ1n) is 6.27. The van der Waals surface area contributed by atoms with E-state index in [1.165, 1.54) is 0 Å². The summed E-state index contributed by atoms with van der Waals surface area (Å²) in [5.41, 5.74) is 0.584. The van der Waals surface area contributed by atoms with Crippen LogP contribution in [0.2, 0.25) is 0 Å². The molecule has 0 aliphatic heterocycles. The molecule has 0 saturated heterocycles.